The molecule has 26 heavy (non-hydrogen) atoms. The second kappa shape index (κ2) is 6.43. The number of alkyl halides is 3. The van der Waals surface area contributed by atoms with Gasteiger partial charge in [-0.15, -0.1) is 0 Å². The minimum absolute atomic E-state index is 0.0746. The largest absolute Gasteiger partial charge is 0.506 e. The second-order valence-electron chi connectivity index (χ2n) is 5.27. The second-order valence-corrected chi connectivity index (χ2v) is 5.27. The number of aldehydes is 1. The zero-order valence-corrected chi connectivity index (χ0v) is 12.9. The van der Waals surface area contributed by atoms with Crippen LogP contribution >= 0.6 is 0 Å². The van der Waals surface area contributed by atoms with Crippen LogP contribution in [0.25, 0.3) is 10.9 Å². The van der Waals surface area contributed by atoms with Crippen LogP contribution in [0.3, 0.4) is 0 Å². The molecule has 0 radical (unpaired) electrons. The van der Waals surface area contributed by atoms with Crippen LogP contribution in [0.15, 0.2) is 42.6 Å². The van der Waals surface area contributed by atoms with E-state index in [4.69, 9.17) is 0 Å². The highest BCUT2D eigenvalue weighted by atomic mass is 19.4. The number of carbonyl (C=O) groups excluding carboxylic acids is 2. The van der Waals surface area contributed by atoms with Crippen LogP contribution < -0.4 is 5.32 Å². The van der Waals surface area contributed by atoms with E-state index < -0.39 is 17.6 Å². The van der Waals surface area contributed by atoms with Crippen LogP contribution in [0, 0.1) is 0 Å². The van der Waals surface area contributed by atoms with Crippen LogP contribution in [-0.4, -0.2) is 27.3 Å². The van der Waals surface area contributed by atoms with Crippen molar-refractivity contribution in [3.63, 3.8) is 0 Å². The molecule has 132 valence electrons. The summed E-state index contributed by atoms with van der Waals surface area (Å²) in [6.07, 6.45) is -3.57. The summed E-state index contributed by atoms with van der Waals surface area (Å²) in [5.74, 6) is -1.07. The van der Waals surface area contributed by atoms with E-state index >= 15 is 0 Å². The lowest BCUT2D eigenvalue weighted by atomic mass is 10.1. The van der Waals surface area contributed by atoms with Gasteiger partial charge in [0.05, 0.1) is 16.6 Å². The van der Waals surface area contributed by atoms with Crippen molar-refractivity contribution in [2.24, 2.45) is 0 Å². The first-order valence-corrected chi connectivity index (χ1v) is 7.22. The summed E-state index contributed by atoms with van der Waals surface area (Å²) in [5.41, 5.74) is -0.928. The van der Waals surface area contributed by atoms with Gasteiger partial charge in [-0.1, -0.05) is 12.1 Å². The number of benzene rings is 1. The van der Waals surface area contributed by atoms with Gasteiger partial charge in [-0.05, 0) is 24.3 Å². The minimum Gasteiger partial charge on any atom is -0.506 e. The van der Waals surface area contributed by atoms with Gasteiger partial charge in [-0.25, -0.2) is 9.97 Å². The van der Waals surface area contributed by atoms with Gasteiger partial charge in [-0.3, -0.25) is 9.59 Å². The minimum atomic E-state index is -4.53. The number of fused-ring (bicyclic) bond motifs is 1. The van der Waals surface area contributed by atoms with Crippen molar-refractivity contribution in [2.45, 2.75) is 6.18 Å². The monoisotopic (exact) mass is 361 g/mol. The molecular weight excluding hydrogens is 351 g/mol. The van der Waals surface area contributed by atoms with Gasteiger partial charge < -0.3 is 10.4 Å². The number of nitrogens with one attached hydrogen (secondary N) is 1. The van der Waals surface area contributed by atoms with E-state index in [1.165, 1.54) is 12.1 Å². The van der Waals surface area contributed by atoms with Crippen LogP contribution in [0.2, 0.25) is 0 Å². The highest BCUT2D eigenvalue weighted by molar-refractivity contribution is 6.12. The third-order valence-electron chi connectivity index (χ3n) is 3.54. The van der Waals surface area contributed by atoms with Gasteiger partial charge in [0.1, 0.15) is 17.3 Å². The molecule has 6 nitrogen and oxygen atoms in total. The molecule has 9 heteroatoms. The molecule has 0 atom stereocenters. The number of amides is 1. The maximum atomic E-state index is 12.5. The average Bonchev–Trinajstić information content (AvgIpc) is 2.60. The third-order valence-corrected chi connectivity index (χ3v) is 3.54. The first-order valence-electron chi connectivity index (χ1n) is 7.22. The first-order chi connectivity index (χ1) is 12.3. The van der Waals surface area contributed by atoms with Crippen molar-refractivity contribution in [3.05, 3.63) is 59.4 Å². The van der Waals surface area contributed by atoms with Crippen LogP contribution in [0.5, 0.6) is 5.75 Å². The predicted octanol–water partition coefficient (Wildman–Crippen LogP) is 3.42. The molecule has 0 unspecified atom stereocenters. The van der Waals surface area contributed by atoms with Gasteiger partial charge in [0.25, 0.3) is 5.91 Å². The van der Waals surface area contributed by atoms with Crippen molar-refractivity contribution in [1.29, 1.82) is 0 Å². The molecule has 0 saturated carbocycles. The van der Waals surface area contributed by atoms with Crippen LogP contribution in [-0.2, 0) is 6.18 Å². The van der Waals surface area contributed by atoms with Gasteiger partial charge in [-0.2, -0.15) is 13.2 Å². The Bertz CT molecular complexity index is 1000. The van der Waals surface area contributed by atoms with Crippen molar-refractivity contribution < 1.29 is 27.9 Å². The lowest BCUT2D eigenvalue weighted by Gasteiger charge is -2.09. The van der Waals surface area contributed by atoms with Crippen molar-refractivity contribution >= 4 is 28.9 Å². The highest BCUT2D eigenvalue weighted by Crippen LogP contribution is 2.29. The van der Waals surface area contributed by atoms with E-state index in [0.717, 1.165) is 12.1 Å². The summed E-state index contributed by atoms with van der Waals surface area (Å²) in [7, 11) is 0. The molecule has 1 amide bonds. The standard InChI is InChI=1S/C17H10F3N3O3/c18-17(19,20)10-4-5-14(21-7-10)23-16(26)11-3-1-2-9-6-13(25)12(8-24)22-15(9)11/h1-8,25H,(H,21,23,26). The van der Waals surface area contributed by atoms with E-state index in [0.29, 0.717) is 17.9 Å². The number of carbonyl (C=O) groups is 2. The van der Waals surface area contributed by atoms with E-state index in [1.807, 2.05) is 0 Å². The summed E-state index contributed by atoms with van der Waals surface area (Å²) in [6.45, 7) is 0. The number of aromatic nitrogens is 2. The van der Waals surface area contributed by atoms with E-state index in [2.05, 4.69) is 15.3 Å². The molecule has 2 N–H and O–H groups in total. The summed E-state index contributed by atoms with van der Waals surface area (Å²) in [4.78, 5) is 30.9. The first kappa shape index (κ1) is 17.3. The fourth-order valence-corrected chi connectivity index (χ4v) is 2.29. The summed E-state index contributed by atoms with van der Waals surface area (Å²) >= 11 is 0. The number of nitrogens with zero attached hydrogens (tertiary/aromatic N) is 2. The number of hydrogen-bond donors (Lipinski definition) is 2. The molecule has 0 aliphatic carbocycles. The van der Waals surface area contributed by atoms with Gasteiger partial charge in [0.2, 0.25) is 0 Å². The molecule has 1 aromatic carbocycles. The Kier molecular flexibility index (Phi) is 4.29. The van der Waals surface area contributed by atoms with E-state index in [9.17, 15) is 27.9 Å². The fraction of sp³-hybridized carbons (Fsp3) is 0.0588. The lowest BCUT2D eigenvalue weighted by Crippen LogP contribution is -2.14. The Morgan fingerprint density at radius 3 is 2.58 bits per heavy atom. The summed E-state index contributed by atoms with van der Waals surface area (Å²) in [6, 6.07) is 7.68. The maximum Gasteiger partial charge on any atom is 0.417 e. The maximum absolute atomic E-state index is 12.5. The molecule has 3 aromatic rings. The van der Waals surface area contributed by atoms with Gasteiger partial charge in [0, 0.05) is 11.6 Å². The molecular formula is C17H10F3N3O3. The molecule has 0 saturated heterocycles. The Labute approximate surface area is 144 Å². The molecule has 0 bridgehead atoms. The van der Waals surface area contributed by atoms with Crippen LogP contribution in [0.4, 0.5) is 19.0 Å². The number of halogens is 3. The lowest BCUT2D eigenvalue weighted by molar-refractivity contribution is -0.137. The zero-order valence-electron chi connectivity index (χ0n) is 12.9. The van der Waals surface area contributed by atoms with Crippen molar-refractivity contribution in [3.8, 4) is 5.75 Å². The number of para-hydroxylation sites is 1. The van der Waals surface area contributed by atoms with E-state index in [-0.39, 0.29) is 28.3 Å². The zero-order chi connectivity index (χ0) is 18.9. The molecule has 0 spiro atoms. The van der Waals surface area contributed by atoms with Crippen molar-refractivity contribution in [1.82, 2.24) is 9.97 Å². The van der Waals surface area contributed by atoms with E-state index in [1.54, 1.807) is 12.1 Å². The quantitative estimate of drug-likeness (QED) is 0.698. The molecule has 0 aliphatic heterocycles. The topological polar surface area (TPSA) is 92.2 Å². The van der Waals surface area contributed by atoms with Gasteiger partial charge in [0.15, 0.2) is 6.29 Å². The van der Waals surface area contributed by atoms with Gasteiger partial charge >= 0.3 is 6.18 Å². The highest BCUT2D eigenvalue weighted by Gasteiger charge is 2.30. The number of aromatic hydroxyl groups is 1. The number of pyridine rings is 2. The molecule has 3 rings (SSSR count). The number of anilines is 1. The Balaban J connectivity index is 1.94. The smallest absolute Gasteiger partial charge is 0.417 e. The predicted molar refractivity (Wildman–Crippen MR) is 86.0 cm³/mol. The molecule has 0 fully saturated rings. The fourth-order valence-electron chi connectivity index (χ4n) is 2.29. The SMILES string of the molecule is O=Cc1nc2c(C(=O)Nc3ccc(C(F)(F)F)cn3)cccc2cc1O. The molecule has 2 aromatic heterocycles. The third kappa shape index (κ3) is 3.32. The average molecular weight is 361 g/mol. The Morgan fingerprint density at radius 1 is 1.19 bits per heavy atom. The molecule has 0 aliphatic rings. The molecule has 2 heterocycles. The number of rotatable bonds is 3. The van der Waals surface area contributed by atoms with Crippen molar-refractivity contribution in [2.75, 3.05) is 5.32 Å². The Morgan fingerprint density at radius 2 is 1.96 bits per heavy atom. The number of hydrogen-bond acceptors (Lipinski definition) is 5. The summed E-state index contributed by atoms with van der Waals surface area (Å²) < 4.78 is 37.6. The Hall–Kier alpha value is -3.49. The summed E-state index contributed by atoms with van der Waals surface area (Å²) in [5, 5.41) is 12.5. The van der Waals surface area contributed by atoms with Crippen LogP contribution in [0.1, 0.15) is 26.4 Å². The normalized spacial score (nSPS) is 11.3.